The Labute approximate surface area is 223 Å². The molecular formula is C29H32N6O3. The smallest absolute Gasteiger partial charge is 0.410 e. The zero-order valence-corrected chi connectivity index (χ0v) is 21.7. The lowest BCUT2D eigenvalue weighted by Crippen LogP contribution is -2.51. The maximum absolute atomic E-state index is 13.2. The van der Waals surface area contributed by atoms with Crippen LogP contribution in [0, 0.1) is 19.3 Å². The van der Waals surface area contributed by atoms with Gasteiger partial charge in [-0.25, -0.2) is 9.78 Å². The number of hydrogen-bond acceptors (Lipinski definition) is 7. The number of rotatable bonds is 8. The number of aryl methyl sites for hydroxylation is 1. The molecule has 3 heterocycles. The number of piperidine rings is 1. The van der Waals surface area contributed by atoms with Crippen molar-refractivity contribution < 1.29 is 14.3 Å². The van der Waals surface area contributed by atoms with Gasteiger partial charge in [0.05, 0.1) is 24.1 Å². The zero-order valence-electron chi connectivity index (χ0n) is 21.7. The number of nitrogens with zero attached hydrogens (tertiary/aromatic N) is 4. The van der Waals surface area contributed by atoms with E-state index in [0.29, 0.717) is 43.7 Å². The first kappa shape index (κ1) is 26.6. The number of nitrogens with one attached hydrogen (secondary N) is 2. The Hall–Kier alpha value is -4.45. The summed E-state index contributed by atoms with van der Waals surface area (Å²) in [6, 6.07) is 11.3. The SMILES string of the molecule is C#Cc1ccc(NC(=C)C(=O)NCC(C)(Cc2ccccc2C)OC(=O)N2CCC3(CC2)N=CC=N3)cn1. The molecule has 0 bridgehead atoms. The van der Waals surface area contributed by atoms with Crippen LogP contribution in [0.15, 0.2) is 64.9 Å². The zero-order chi connectivity index (χ0) is 27.2. The predicted molar refractivity (Wildman–Crippen MR) is 148 cm³/mol. The minimum Gasteiger partial charge on any atom is -0.441 e. The highest BCUT2D eigenvalue weighted by Crippen LogP contribution is 2.30. The van der Waals surface area contributed by atoms with Gasteiger partial charge in [0.1, 0.15) is 11.3 Å². The maximum atomic E-state index is 13.2. The fourth-order valence-electron chi connectivity index (χ4n) is 4.46. The van der Waals surface area contributed by atoms with Crippen molar-refractivity contribution in [3.05, 3.63) is 71.7 Å². The molecule has 0 saturated carbocycles. The number of amides is 2. The molecule has 1 saturated heterocycles. The van der Waals surface area contributed by atoms with Crippen LogP contribution in [-0.2, 0) is 16.0 Å². The van der Waals surface area contributed by atoms with Crippen LogP contribution in [0.3, 0.4) is 0 Å². The van der Waals surface area contributed by atoms with Crippen molar-refractivity contribution in [1.29, 1.82) is 0 Å². The normalized spacial score (nSPS) is 16.9. The van der Waals surface area contributed by atoms with Crippen molar-refractivity contribution in [2.75, 3.05) is 25.0 Å². The molecule has 9 nitrogen and oxygen atoms in total. The Morgan fingerprint density at radius 1 is 1.18 bits per heavy atom. The lowest BCUT2D eigenvalue weighted by molar-refractivity contribution is -0.118. The van der Waals surface area contributed by atoms with Crippen molar-refractivity contribution in [3.8, 4) is 12.3 Å². The molecule has 2 aromatic rings. The molecule has 0 aliphatic carbocycles. The average Bonchev–Trinajstić information content (AvgIpc) is 3.37. The summed E-state index contributed by atoms with van der Waals surface area (Å²) in [4.78, 5) is 40.8. The van der Waals surface area contributed by atoms with Gasteiger partial charge in [0.15, 0.2) is 5.66 Å². The number of likely N-dealkylation sites (tertiary alicyclic amines) is 1. The van der Waals surface area contributed by atoms with E-state index in [0.717, 1.165) is 11.1 Å². The molecule has 2 aliphatic heterocycles. The van der Waals surface area contributed by atoms with Gasteiger partial charge < -0.3 is 20.3 Å². The molecule has 2 aliphatic rings. The second-order valence-electron chi connectivity index (χ2n) is 9.81. The second-order valence-corrected chi connectivity index (χ2v) is 9.81. The first-order chi connectivity index (χ1) is 18.2. The molecule has 38 heavy (non-hydrogen) atoms. The molecule has 1 aromatic heterocycles. The monoisotopic (exact) mass is 512 g/mol. The first-order valence-corrected chi connectivity index (χ1v) is 12.5. The summed E-state index contributed by atoms with van der Waals surface area (Å²) in [6.07, 6.45) is 11.6. The summed E-state index contributed by atoms with van der Waals surface area (Å²) in [7, 11) is 0. The highest BCUT2D eigenvalue weighted by Gasteiger charge is 2.38. The Morgan fingerprint density at radius 3 is 2.53 bits per heavy atom. The number of carbonyl (C=O) groups is 2. The summed E-state index contributed by atoms with van der Waals surface area (Å²) in [5.41, 5.74) is 1.86. The third-order valence-electron chi connectivity index (χ3n) is 6.78. The molecule has 0 radical (unpaired) electrons. The number of ether oxygens (including phenoxy) is 1. The molecule has 9 heteroatoms. The molecule has 1 aromatic carbocycles. The summed E-state index contributed by atoms with van der Waals surface area (Å²) in [5, 5.41) is 5.79. The first-order valence-electron chi connectivity index (χ1n) is 12.5. The van der Waals surface area contributed by atoms with Gasteiger partial charge >= 0.3 is 6.09 Å². The van der Waals surface area contributed by atoms with E-state index in [2.05, 4.69) is 38.1 Å². The molecule has 2 amide bonds. The van der Waals surface area contributed by atoms with Gasteiger partial charge in [0, 0.05) is 44.8 Å². The van der Waals surface area contributed by atoms with Crippen molar-refractivity contribution in [3.63, 3.8) is 0 Å². The van der Waals surface area contributed by atoms with Gasteiger partial charge in [0.2, 0.25) is 0 Å². The van der Waals surface area contributed by atoms with E-state index < -0.39 is 23.3 Å². The molecule has 1 unspecified atom stereocenters. The van der Waals surface area contributed by atoms with Gasteiger partial charge in [-0.15, -0.1) is 6.42 Å². The van der Waals surface area contributed by atoms with Crippen LogP contribution in [0.25, 0.3) is 0 Å². The lowest BCUT2D eigenvalue weighted by Gasteiger charge is -2.38. The van der Waals surface area contributed by atoms with E-state index in [-0.39, 0.29) is 12.2 Å². The van der Waals surface area contributed by atoms with E-state index in [1.807, 2.05) is 38.1 Å². The Balaban J connectivity index is 1.41. The summed E-state index contributed by atoms with van der Waals surface area (Å²) < 4.78 is 6.08. The maximum Gasteiger partial charge on any atom is 0.410 e. The van der Waals surface area contributed by atoms with E-state index in [1.165, 1.54) is 6.20 Å². The minimum absolute atomic E-state index is 0.0905. The highest BCUT2D eigenvalue weighted by molar-refractivity contribution is 6.17. The van der Waals surface area contributed by atoms with Gasteiger partial charge in [-0.05, 0) is 37.1 Å². The van der Waals surface area contributed by atoms with E-state index in [4.69, 9.17) is 11.2 Å². The van der Waals surface area contributed by atoms with E-state index in [9.17, 15) is 9.59 Å². The van der Waals surface area contributed by atoms with Crippen LogP contribution in [0.4, 0.5) is 10.5 Å². The highest BCUT2D eigenvalue weighted by atomic mass is 16.6. The number of aliphatic imine (C=N–C) groups is 2. The predicted octanol–water partition coefficient (Wildman–Crippen LogP) is 3.50. The van der Waals surface area contributed by atoms with Crippen LogP contribution in [0.2, 0.25) is 0 Å². The number of hydrogen-bond donors (Lipinski definition) is 2. The van der Waals surface area contributed by atoms with Gasteiger partial charge in [0.25, 0.3) is 5.91 Å². The summed E-state index contributed by atoms with van der Waals surface area (Å²) in [5.74, 6) is 2.02. The van der Waals surface area contributed by atoms with Crippen LogP contribution in [-0.4, -0.2) is 65.2 Å². The number of pyridine rings is 1. The molecule has 1 fully saturated rings. The Kier molecular flexibility index (Phi) is 7.91. The third-order valence-corrected chi connectivity index (χ3v) is 6.78. The summed E-state index contributed by atoms with van der Waals surface area (Å²) >= 11 is 0. The molecule has 1 spiro atoms. The second kappa shape index (κ2) is 11.3. The fourth-order valence-corrected chi connectivity index (χ4v) is 4.46. The largest absolute Gasteiger partial charge is 0.441 e. The Bertz CT molecular complexity index is 1290. The van der Waals surface area contributed by atoms with Crippen molar-refractivity contribution in [2.45, 2.75) is 44.4 Å². The average molecular weight is 513 g/mol. The molecular weight excluding hydrogens is 480 g/mol. The van der Waals surface area contributed by atoms with Crippen LogP contribution in [0.1, 0.15) is 36.6 Å². The van der Waals surface area contributed by atoms with Crippen molar-refractivity contribution >= 4 is 30.1 Å². The number of benzene rings is 1. The van der Waals surface area contributed by atoms with E-state index >= 15 is 0 Å². The van der Waals surface area contributed by atoms with Crippen LogP contribution < -0.4 is 10.6 Å². The van der Waals surface area contributed by atoms with Crippen molar-refractivity contribution in [1.82, 2.24) is 15.2 Å². The lowest BCUT2D eigenvalue weighted by atomic mass is 9.93. The summed E-state index contributed by atoms with van der Waals surface area (Å²) in [6.45, 7) is 8.74. The number of terminal acetylenes is 1. The van der Waals surface area contributed by atoms with Crippen LogP contribution in [0.5, 0.6) is 0 Å². The molecule has 1 atom stereocenters. The van der Waals surface area contributed by atoms with Gasteiger partial charge in [-0.1, -0.05) is 36.8 Å². The number of anilines is 1. The van der Waals surface area contributed by atoms with Crippen molar-refractivity contribution in [2.24, 2.45) is 9.98 Å². The quantitative estimate of drug-likeness (QED) is 0.416. The molecule has 4 rings (SSSR count). The van der Waals surface area contributed by atoms with Crippen LogP contribution >= 0.6 is 0 Å². The Morgan fingerprint density at radius 2 is 1.89 bits per heavy atom. The third kappa shape index (κ3) is 6.45. The fraction of sp³-hybridized carbons (Fsp3) is 0.345. The topological polar surface area (TPSA) is 108 Å². The van der Waals surface area contributed by atoms with Gasteiger partial charge in [-0.2, -0.15) is 0 Å². The molecule has 2 N–H and O–H groups in total. The standard InChI is InChI=1S/C29H32N6O3/c1-5-24-10-11-25(19-30-24)34-22(3)26(36)31-20-28(4,18-23-9-7-6-8-21(23)2)38-27(37)35-16-12-29(13-17-35)32-14-15-33-29/h1,6-11,14-15,19,34H,3,12-13,16-18,20H2,2,4H3,(H,31,36). The minimum atomic E-state index is -1.01. The number of carbonyl (C=O) groups excluding carboxylic acids is 2. The number of aromatic nitrogens is 1. The van der Waals surface area contributed by atoms with Gasteiger partial charge in [-0.3, -0.25) is 14.8 Å². The molecule has 196 valence electrons. The van der Waals surface area contributed by atoms with E-state index in [1.54, 1.807) is 29.5 Å².